The Morgan fingerprint density at radius 2 is 1.63 bits per heavy atom. The summed E-state index contributed by atoms with van der Waals surface area (Å²) in [6.45, 7) is 0.817. The molecule has 1 fully saturated rings. The topological polar surface area (TPSA) is 12.0 Å². The fourth-order valence-electron chi connectivity index (χ4n) is 4.15. The molecule has 0 aromatic heterocycles. The minimum absolute atomic E-state index is 0.339. The van der Waals surface area contributed by atoms with Gasteiger partial charge in [-0.1, -0.05) is 41.9 Å². The first-order valence-corrected chi connectivity index (χ1v) is 11.4. The molecule has 1 aliphatic carbocycles. The van der Waals surface area contributed by atoms with Gasteiger partial charge in [-0.3, -0.25) is 0 Å². The highest BCUT2D eigenvalue weighted by Crippen LogP contribution is 2.52. The lowest BCUT2D eigenvalue weighted by atomic mass is 9.80. The monoisotopic (exact) mass is 443 g/mol. The fraction of sp³-hybridized carbons (Fsp3) is 0.280. The largest absolute Gasteiger partial charge is 0.310 e. The van der Waals surface area contributed by atoms with Gasteiger partial charge in [0.25, 0.3) is 0 Å². The van der Waals surface area contributed by atoms with Crippen LogP contribution in [0, 0.1) is 11.6 Å². The van der Waals surface area contributed by atoms with Crippen LogP contribution in [0.15, 0.2) is 77.7 Å². The number of thioether (sulfide) groups is 1. The number of benzene rings is 3. The smallest absolute Gasteiger partial charge is 0.128 e. The first-order chi connectivity index (χ1) is 14.5. The van der Waals surface area contributed by atoms with Gasteiger partial charge in [0.1, 0.15) is 11.6 Å². The Labute approximate surface area is 185 Å². The van der Waals surface area contributed by atoms with Gasteiger partial charge in [0.05, 0.1) is 0 Å². The molecule has 0 spiro atoms. The van der Waals surface area contributed by atoms with Crippen molar-refractivity contribution in [3.8, 4) is 0 Å². The van der Waals surface area contributed by atoms with Crippen LogP contribution in [0.4, 0.5) is 8.78 Å². The number of nitrogens with one attached hydrogen (secondary N) is 1. The third-order valence-corrected chi connectivity index (χ3v) is 7.56. The molecule has 0 radical (unpaired) electrons. The van der Waals surface area contributed by atoms with E-state index < -0.39 is 10.6 Å². The third kappa shape index (κ3) is 5.05. The van der Waals surface area contributed by atoms with Crippen LogP contribution in [0.25, 0.3) is 0 Å². The van der Waals surface area contributed by atoms with Gasteiger partial charge in [-0.2, -0.15) is 0 Å². The van der Waals surface area contributed by atoms with Gasteiger partial charge in [0, 0.05) is 32.8 Å². The Kier molecular flexibility index (Phi) is 6.77. The van der Waals surface area contributed by atoms with Gasteiger partial charge in [-0.15, -0.1) is 11.8 Å². The van der Waals surface area contributed by atoms with Gasteiger partial charge in [0.2, 0.25) is 0 Å². The van der Waals surface area contributed by atoms with Crippen molar-refractivity contribution in [2.75, 3.05) is 0 Å². The van der Waals surface area contributed by atoms with Gasteiger partial charge >= 0.3 is 0 Å². The van der Waals surface area contributed by atoms with Gasteiger partial charge in [-0.25, -0.2) is 8.78 Å². The molecule has 156 valence electrons. The minimum atomic E-state index is -0.495. The van der Waals surface area contributed by atoms with E-state index in [2.05, 4.69) is 17.4 Å². The molecule has 0 amide bonds. The van der Waals surface area contributed by atoms with E-state index in [0.29, 0.717) is 16.6 Å². The maximum Gasteiger partial charge on any atom is 0.128 e. The summed E-state index contributed by atoms with van der Waals surface area (Å²) < 4.78 is 28.4. The van der Waals surface area contributed by atoms with Gasteiger partial charge in [0.15, 0.2) is 0 Å². The summed E-state index contributed by atoms with van der Waals surface area (Å²) in [7, 11) is 0. The molecule has 30 heavy (non-hydrogen) atoms. The number of rotatable bonds is 6. The van der Waals surface area contributed by atoms with Crippen LogP contribution in [0.1, 0.15) is 36.8 Å². The second-order valence-electron chi connectivity index (χ2n) is 7.82. The molecule has 0 aliphatic heterocycles. The van der Waals surface area contributed by atoms with Crippen molar-refractivity contribution in [2.24, 2.45) is 0 Å². The normalized spacial score (nSPS) is 21.5. The van der Waals surface area contributed by atoms with Gasteiger partial charge in [-0.05, 0) is 73.7 Å². The summed E-state index contributed by atoms with van der Waals surface area (Å²) in [6, 6.07) is 22.1. The molecule has 4 rings (SSSR count). The molecular weight excluding hydrogens is 420 g/mol. The van der Waals surface area contributed by atoms with Crippen LogP contribution < -0.4 is 5.32 Å². The zero-order chi connectivity index (χ0) is 21.0. The van der Waals surface area contributed by atoms with Crippen LogP contribution in [0.3, 0.4) is 0 Å². The number of hydrogen-bond donors (Lipinski definition) is 1. The molecule has 0 bridgehead atoms. The number of halogens is 3. The predicted octanol–water partition coefficient (Wildman–Crippen LogP) is 7.34. The molecular formula is C25H24ClF2NS. The van der Waals surface area contributed by atoms with E-state index in [0.717, 1.165) is 37.1 Å². The molecule has 1 aliphatic rings. The SMILES string of the molecule is Fc1ccc(F)c(C2(Sc3ccc(Cl)cc3)CCC(NCc3ccccc3)CC2)c1. The van der Waals surface area contributed by atoms with Crippen molar-refractivity contribution in [1.29, 1.82) is 0 Å². The van der Waals surface area contributed by atoms with Crippen molar-refractivity contribution in [3.05, 3.63) is 101 Å². The van der Waals surface area contributed by atoms with Crippen molar-refractivity contribution < 1.29 is 8.78 Å². The van der Waals surface area contributed by atoms with E-state index >= 15 is 0 Å². The Bertz CT molecular complexity index is 970. The number of hydrogen-bond acceptors (Lipinski definition) is 2. The molecule has 3 aromatic carbocycles. The molecule has 0 saturated heterocycles. The second-order valence-corrected chi connectivity index (χ2v) is 9.71. The molecule has 1 nitrogen and oxygen atoms in total. The summed E-state index contributed by atoms with van der Waals surface area (Å²) in [5.41, 5.74) is 1.71. The zero-order valence-corrected chi connectivity index (χ0v) is 18.2. The van der Waals surface area contributed by atoms with E-state index in [1.165, 1.54) is 23.8 Å². The summed E-state index contributed by atoms with van der Waals surface area (Å²) in [4.78, 5) is 1.01. The maximum atomic E-state index is 14.8. The summed E-state index contributed by atoms with van der Waals surface area (Å²) in [5, 5.41) is 4.30. The van der Waals surface area contributed by atoms with Gasteiger partial charge < -0.3 is 5.32 Å². The maximum absolute atomic E-state index is 14.8. The van der Waals surface area contributed by atoms with Crippen LogP contribution in [-0.4, -0.2) is 6.04 Å². The Hall–Kier alpha value is -1.88. The lowest BCUT2D eigenvalue weighted by molar-refractivity contribution is 0.314. The first kappa shape index (κ1) is 21.4. The molecule has 1 saturated carbocycles. The summed E-state index contributed by atoms with van der Waals surface area (Å²) in [6.07, 6.45) is 3.35. The van der Waals surface area contributed by atoms with Crippen molar-refractivity contribution >= 4 is 23.4 Å². The predicted molar refractivity (Wildman–Crippen MR) is 121 cm³/mol. The lowest BCUT2D eigenvalue weighted by Crippen LogP contribution is -2.38. The lowest BCUT2D eigenvalue weighted by Gasteiger charge is -2.40. The Morgan fingerprint density at radius 3 is 2.33 bits per heavy atom. The Morgan fingerprint density at radius 1 is 0.933 bits per heavy atom. The fourth-order valence-corrected chi connectivity index (χ4v) is 5.70. The molecule has 0 unspecified atom stereocenters. The van der Waals surface area contributed by atoms with E-state index in [1.807, 2.05) is 42.5 Å². The second kappa shape index (κ2) is 9.51. The van der Waals surface area contributed by atoms with Crippen molar-refractivity contribution in [2.45, 2.75) is 47.9 Å². The average Bonchev–Trinajstić information content (AvgIpc) is 2.77. The molecule has 0 atom stereocenters. The third-order valence-electron chi connectivity index (χ3n) is 5.78. The van der Waals surface area contributed by atoms with E-state index in [1.54, 1.807) is 11.8 Å². The highest BCUT2D eigenvalue weighted by molar-refractivity contribution is 8.00. The van der Waals surface area contributed by atoms with Crippen LogP contribution in [0.5, 0.6) is 0 Å². The van der Waals surface area contributed by atoms with E-state index in [-0.39, 0.29) is 5.82 Å². The Balaban J connectivity index is 1.53. The van der Waals surface area contributed by atoms with E-state index in [9.17, 15) is 8.78 Å². The standard InChI is InChI=1S/C25H24ClF2NS/c26-19-6-9-22(10-7-19)30-25(23-16-20(27)8-11-24(23)28)14-12-21(13-15-25)29-17-18-4-2-1-3-5-18/h1-11,16,21,29H,12-15,17H2. The minimum Gasteiger partial charge on any atom is -0.310 e. The van der Waals surface area contributed by atoms with Crippen molar-refractivity contribution in [3.63, 3.8) is 0 Å². The highest BCUT2D eigenvalue weighted by Gasteiger charge is 2.40. The van der Waals surface area contributed by atoms with Crippen LogP contribution in [0.2, 0.25) is 5.02 Å². The quantitative estimate of drug-likeness (QED) is 0.427. The summed E-state index contributed by atoms with van der Waals surface area (Å²) >= 11 is 7.65. The zero-order valence-electron chi connectivity index (χ0n) is 16.6. The highest BCUT2D eigenvalue weighted by atomic mass is 35.5. The first-order valence-electron chi connectivity index (χ1n) is 10.2. The van der Waals surface area contributed by atoms with E-state index in [4.69, 9.17) is 11.6 Å². The van der Waals surface area contributed by atoms with Crippen molar-refractivity contribution in [1.82, 2.24) is 5.32 Å². The molecule has 0 heterocycles. The van der Waals surface area contributed by atoms with Crippen LogP contribution >= 0.6 is 23.4 Å². The molecule has 5 heteroatoms. The molecule has 3 aromatic rings. The summed E-state index contributed by atoms with van der Waals surface area (Å²) in [5.74, 6) is -0.736. The van der Waals surface area contributed by atoms with Crippen LogP contribution in [-0.2, 0) is 11.3 Å². The molecule has 1 N–H and O–H groups in total. The average molecular weight is 444 g/mol.